The van der Waals surface area contributed by atoms with Crippen LogP contribution in [0.15, 0.2) is 17.8 Å². The van der Waals surface area contributed by atoms with Gasteiger partial charge in [0.1, 0.15) is 0 Å². The molecule has 0 radical (unpaired) electrons. The summed E-state index contributed by atoms with van der Waals surface area (Å²) in [5.41, 5.74) is 1.55. The van der Waals surface area contributed by atoms with E-state index in [2.05, 4.69) is 54.0 Å². The first-order valence-corrected chi connectivity index (χ1v) is 9.93. The van der Waals surface area contributed by atoms with Crippen LogP contribution in [0.4, 0.5) is 0 Å². The molecule has 0 atom stereocenters. The molecule has 2 nitrogen and oxygen atoms in total. The van der Waals surface area contributed by atoms with Gasteiger partial charge in [-0.3, -0.25) is 4.40 Å². The van der Waals surface area contributed by atoms with Crippen LogP contribution >= 0.6 is 43.2 Å². The van der Waals surface area contributed by atoms with E-state index in [1.807, 2.05) is 0 Å². The highest BCUT2D eigenvalue weighted by atomic mass is 79.9. The minimum Gasteiger partial charge on any atom is -0.297 e. The van der Waals surface area contributed by atoms with Gasteiger partial charge in [0.15, 0.2) is 4.96 Å². The maximum atomic E-state index is 4.76. The molecule has 0 spiro atoms. The molecule has 2 heterocycles. The third-order valence-electron chi connectivity index (χ3n) is 4.43. The van der Waals surface area contributed by atoms with Gasteiger partial charge in [0.25, 0.3) is 0 Å². The average molecular weight is 406 g/mol. The summed E-state index contributed by atoms with van der Waals surface area (Å²) < 4.78 is 2.14. The van der Waals surface area contributed by atoms with E-state index in [-0.39, 0.29) is 0 Å². The molecule has 0 N–H and O–H groups in total. The molecule has 104 valence electrons. The fourth-order valence-corrected chi connectivity index (χ4v) is 6.21. The lowest BCUT2D eigenvalue weighted by Crippen LogP contribution is -2.35. The molecule has 1 aliphatic rings. The van der Waals surface area contributed by atoms with Crippen LogP contribution in [0.5, 0.6) is 0 Å². The topological polar surface area (TPSA) is 17.3 Å². The van der Waals surface area contributed by atoms with Crippen LogP contribution in [0.1, 0.15) is 31.4 Å². The first-order chi connectivity index (χ1) is 9.27. The maximum absolute atomic E-state index is 4.76. The largest absolute Gasteiger partial charge is 0.297 e. The van der Waals surface area contributed by atoms with Crippen molar-refractivity contribution in [2.45, 2.75) is 32.1 Å². The van der Waals surface area contributed by atoms with Gasteiger partial charge in [-0.2, -0.15) is 0 Å². The molecule has 0 saturated heterocycles. The molecule has 3 rings (SSSR count). The van der Waals surface area contributed by atoms with Crippen molar-refractivity contribution in [2.24, 2.45) is 11.3 Å². The smallest absolute Gasteiger partial charge is 0.193 e. The Bertz CT molecular complexity index is 510. The Balaban J connectivity index is 1.85. The zero-order valence-corrected chi connectivity index (χ0v) is 14.8. The second kappa shape index (κ2) is 5.86. The van der Waals surface area contributed by atoms with Gasteiger partial charge >= 0.3 is 0 Å². The number of imidazole rings is 1. The van der Waals surface area contributed by atoms with Crippen molar-refractivity contribution < 1.29 is 0 Å². The van der Waals surface area contributed by atoms with Crippen molar-refractivity contribution >= 4 is 48.2 Å². The van der Waals surface area contributed by atoms with Gasteiger partial charge < -0.3 is 0 Å². The summed E-state index contributed by atoms with van der Waals surface area (Å²) in [5, 5.41) is 4.20. The van der Waals surface area contributed by atoms with E-state index in [0.717, 1.165) is 28.0 Å². The zero-order chi connectivity index (χ0) is 13.3. The summed E-state index contributed by atoms with van der Waals surface area (Å²) in [6, 6.07) is 0. The number of aromatic nitrogens is 2. The number of alkyl halides is 2. The van der Waals surface area contributed by atoms with Crippen molar-refractivity contribution in [2.75, 3.05) is 10.7 Å². The molecule has 5 heteroatoms. The Morgan fingerprint density at radius 1 is 1.32 bits per heavy atom. The highest BCUT2D eigenvalue weighted by Gasteiger charge is 2.39. The van der Waals surface area contributed by atoms with Gasteiger partial charge in [-0.25, -0.2) is 4.98 Å². The summed E-state index contributed by atoms with van der Waals surface area (Å²) >= 11 is 9.26. The van der Waals surface area contributed by atoms with E-state index in [1.54, 1.807) is 11.3 Å². The lowest BCUT2D eigenvalue weighted by molar-refractivity contribution is 0.231. The quantitative estimate of drug-likeness (QED) is 0.646. The Hall–Kier alpha value is 0.130. The third kappa shape index (κ3) is 2.66. The fraction of sp³-hybridized carbons (Fsp3) is 0.643. The third-order valence-corrected chi connectivity index (χ3v) is 7.43. The van der Waals surface area contributed by atoms with E-state index < -0.39 is 0 Å². The fourth-order valence-electron chi connectivity index (χ4n) is 3.25. The lowest BCUT2D eigenvalue weighted by Gasteiger charge is -2.35. The predicted octanol–water partition coefficient (Wildman–Crippen LogP) is 4.90. The highest BCUT2D eigenvalue weighted by Crippen LogP contribution is 2.44. The number of hydrogen-bond donors (Lipinski definition) is 0. The van der Waals surface area contributed by atoms with Gasteiger partial charge in [-0.1, -0.05) is 44.7 Å². The summed E-state index contributed by atoms with van der Waals surface area (Å²) in [5.74, 6) is 0.825. The number of hydrogen-bond acceptors (Lipinski definition) is 2. The summed E-state index contributed by atoms with van der Waals surface area (Å²) in [6.07, 6.45) is 10.9. The number of nitrogens with zero attached hydrogens (tertiary/aromatic N) is 2. The minimum absolute atomic E-state index is 0.320. The van der Waals surface area contributed by atoms with Crippen molar-refractivity contribution in [1.82, 2.24) is 9.38 Å². The molecule has 0 aromatic carbocycles. The van der Waals surface area contributed by atoms with Crippen LogP contribution in [0.2, 0.25) is 0 Å². The number of halogens is 2. The highest BCUT2D eigenvalue weighted by molar-refractivity contribution is 9.09. The Kier molecular flexibility index (Phi) is 4.34. The standard InChI is InChI=1S/C14H18Br2N2S/c15-9-14(10-16,11-3-1-2-4-11)7-12-8-18-5-6-19-13(18)17-12/h5-6,8,11H,1-4,7,9-10H2. The molecule has 2 aromatic rings. The maximum Gasteiger partial charge on any atom is 0.193 e. The SMILES string of the molecule is BrCC(CBr)(Cc1cn2ccsc2n1)C1CCCC1. The van der Waals surface area contributed by atoms with Crippen molar-refractivity contribution in [3.8, 4) is 0 Å². The van der Waals surface area contributed by atoms with E-state index in [1.165, 1.54) is 31.4 Å². The summed E-state index contributed by atoms with van der Waals surface area (Å²) in [4.78, 5) is 5.88. The molecule has 1 saturated carbocycles. The number of rotatable bonds is 5. The molecule has 0 amide bonds. The molecule has 1 fully saturated rings. The molecule has 0 unspecified atom stereocenters. The average Bonchev–Trinajstić information content (AvgIpc) is 3.12. The summed E-state index contributed by atoms with van der Waals surface area (Å²) in [6.45, 7) is 0. The molecule has 19 heavy (non-hydrogen) atoms. The van der Waals surface area contributed by atoms with Crippen LogP contribution in [0, 0.1) is 11.3 Å². The van der Waals surface area contributed by atoms with E-state index >= 15 is 0 Å². The van der Waals surface area contributed by atoms with E-state index in [9.17, 15) is 0 Å². The van der Waals surface area contributed by atoms with Crippen molar-refractivity contribution in [1.29, 1.82) is 0 Å². The second-order valence-electron chi connectivity index (χ2n) is 5.61. The molecule has 2 aromatic heterocycles. The first-order valence-electron chi connectivity index (χ1n) is 6.80. The molecule has 1 aliphatic carbocycles. The normalized spacial score (nSPS) is 17.6. The molecular formula is C14H18Br2N2S. The van der Waals surface area contributed by atoms with Crippen LogP contribution < -0.4 is 0 Å². The Labute approximate surface area is 134 Å². The van der Waals surface area contributed by atoms with Crippen LogP contribution in [-0.4, -0.2) is 20.0 Å². The monoisotopic (exact) mass is 404 g/mol. The van der Waals surface area contributed by atoms with Gasteiger partial charge in [0.05, 0.1) is 5.69 Å². The van der Waals surface area contributed by atoms with Gasteiger partial charge in [0, 0.05) is 28.4 Å². The van der Waals surface area contributed by atoms with Gasteiger partial charge in [0.2, 0.25) is 0 Å². The van der Waals surface area contributed by atoms with Crippen molar-refractivity contribution in [3.63, 3.8) is 0 Å². The summed E-state index contributed by atoms with van der Waals surface area (Å²) in [7, 11) is 0. The van der Waals surface area contributed by atoms with Gasteiger partial charge in [-0.15, -0.1) is 11.3 Å². The zero-order valence-electron chi connectivity index (χ0n) is 10.8. The number of thiazole rings is 1. The van der Waals surface area contributed by atoms with Gasteiger partial charge in [-0.05, 0) is 30.6 Å². The molecule has 0 aliphatic heterocycles. The Morgan fingerprint density at radius 2 is 2.05 bits per heavy atom. The minimum atomic E-state index is 0.320. The Morgan fingerprint density at radius 3 is 2.68 bits per heavy atom. The van der Waals surface area contributed by atoms with E-state index in [0.29, 0.717) is 5.41 Å². The second-order valence-corrected chi connectivity index (χ2v) is 7.61. The predicted molar refractivity (Wildman–Crippen MR) is 88.8 cm³/mol. The number of fused-ring (bicyclic) bond motifs is 1. The lowest BCUT2D eigenvalue weighted by atomic mass is 9.74. The molecule has 0 bridgehead atoms. The van der Waals surface area contributed by atoms with Crippen LogP contribution in [0.25, 0.3) is 4.96 Å². The molecular weight excluding hydrogens is 388 g/mol. The van der Waals surface area contributed by atoms with E-state index in [4.69, 9.17) is 4.98 Å². The van der Waals surface area contributed by atoms with Crippen LogP contribution in [-0.2, 0) is 6.42 Å². The first kappa shape index (κ1) is 14.1. The van der Waals surface area contributed by atoms with Crippen LogP contribution in [0.3, 0.4) is 0 Å². The van der Waals surface area contributed by atoms with Crippen molar-refractivity contribution in [3.05, 3.63) is 23.5 Å².